The average Bonchev–Trinajstić information content (AvgIpc) is 3.60. The quantitative estimate of drug-likeness (QED) is 0.121. The summed E-state index contributed by atoms with van der Waals surface area (Å²) in [6.45, 7) is 3.87. The molecule has 11 nitrogen and oxygen atoms in total. The van der Waals surface area contributed by atoms with Gasteiger partial charge in [-0.1, -0.05) is 40.6 Å². The van der Waals surface area contributed by atoms with Crippen molar-refractivity contribution in [3.63, 3.8) is 0 Å². The van der Waals surface area contributed by atoms with Crippen LogP contribution in [0.5, 0.6) is 11.5 Å². The first-order valence-corrected chi connectivity index (χ1v) is 15.3. The van der Waals surface area contributed by atoms with Gasteiger partial charge in [0.1, 0.15) is 29.1 Å². The molecule has 1 aliphatic rings. The third kappa shape index (κ3) is 5.84. The maximum atomic E-state index is 14.1. The van der Waals surface area contributed by atoms with Gasteiger partial charge in [-0.25, -0.2) is 9.79 Å². The van der Waals surface area contributed by atoms with Crippen molar-refractivity contribution in [1.29, 1.82) is 0 Å². The second-order valence-electron chi connectivity index (χ2n) is 9.64. The van der Waals surface area contributed by atoms with Gasteiger partial charge in [0.2, 0.25) is 0 Å². The highest BCUT2D eigenvalue weighted by Gasteiger charge is 2.36. The molecule has 0 amide bonds. The number of carbonyl (C=O) groups excluding carboxylic acids is 1. The van der Waals surface area contributed by atoms with Crippen LogP contribution in [0, 0.1) is 10.1 Å². The first-order valence-electron chi connectivity index (χ1n) is 13.7. The maximum Gasteiger partial charge on any atom is 0.338 e. The number of thiazole rings is 1. The third-order valence-corrected chi connectivity index (χ3v) is 8.41. The number of nitro groups is 1. The maximum absolute atomic E-state index is 14.1. The molecule has 228 valence electrons. The SMILES string of the molecule is CCCC1=C(C(=O)OCC)[C@H](c2cc(Br)ccc2OC)n2c(s/c(=C/c3ccc(-c4cc([N+](=O)[O-])ccc4OC)o3)c2=O)=N1. The zero-order valence-electron chi connectivity index (χ0n) is 24.3. The molecule has 0 aliphatic carbocycles. The summed E-state index contributed by atoms with van der Waals surface area (Å²) in [6.07, 6.45) is 2.80. The molecule has 5 rings (SSSR count). The van der Waals surface area contributed by atoms with Crippen LogP contribution in [0.2, 0.25) is 0 Å². The number of esters is 1. The summed E-state index contributed by atoms with van der Waals surface area (Å²) >= 11 is 4.68. The molecule has 44 heavy (non-hydrogen) atoms. The third-order valence-electron chi connectivity index (χ3n) is 6.94. The highest BCUT2D eigenvalue weighted by atomic mass is 79.9. The van der Waals surface area contributed by atoms with Crippen molar-refractivity contribution in [2.75, 3.05) is 20.8 Å². The predicted octanol–water partition coefficient (Wildman–Crippen LogP) is 5.53. The number of fused-ring (bicyclic) bond motifs is 1. The summed E-state index contributed by atoms with van der Waals surface area (Å²) < 4.78 is 25.1. The molecule has 13 heteroatoms. The Morgan fingerprint density at radius 1 is 1.14 bits per heavy atom. The monoisotopic (exact) mass is 681 g/mol. The van der Waals surface area contributed by atoms with Crippen molar-refractivity contribution >= 4 is 45.0 Å². The number of rotatable bonds is 10. The van der Waals surface area contributed by atoms with E-state index in [-0.39, 0.29) is 23.4 Å². The van der Waals surface area contributed by atoms with Gasteiger partial charge in [0.05, 0.1) is 47.1 Å². The topological polar surface area (TPSA) is 135 Å². The lowest BCUT2D eigenvalue weighted by atomic mass is 9.93. The number of furan rings is 1. The summed E-state index contributed by atoms with van der Waals surface area (Å²) in [5.41, 5.74) is 1.32. The number of aromatic nitrogens is 1. The number of methoxy groups -OCH3 is 2. The van der Waals surface area contributed by atoms with Gasteiger partial charge >= 0.3 is 5.97 Å². The lowest BCUT2D eigenvalue weighted by molar-refractivity contribution is -0.384. The minimum absolute atomic E-state index is 0.115. The van der Waals surface area contributed by atoms with E-state index >= 15 is 0 Å². The Bertz CT molecular complexity index is 1970. The molecule has 0 N–H and O–H groups in total. The number of hydrogen-bond acceptors (Lipinski definition) is 10. The molecule has 1 atom stereocenters. The molecule has 0 radical (unpaired) electrons. The van der Waals surface area contributed by atoms with Gasteiger partial charge in [0.25, 0.3) is 11.2 Å². The Morgan fingerprint density at radius 3 is 2.57 bits per heavy atom. The lowest BCUT2D eigenvalue weighted by Gasteiger charge is -2.27. The number of carbonyl (C=O) groups is 1. The van der Waals surface area contributed by atoms with Crippen LogP contribution in [0.1, 0.15) is 44.1 Å². The van der Waals surface area contributed by atoms with Gasteiger partial charge in [-0.15, -0.1) is 0 Å². The molecule has 0 saturated carbocycles. The highest BCUT2D eigenvalue weighted by molar-refractivity contribution is 9.10. The zero-order valence-corrected chi connectivity index (χ0v) is 26.7. The normalized spacial score (nSPS) is 14.7. The van der Waals surface area contributed by atoms with E-state index in [1.165, 1.54) is 37.0 Å². The number of allylic oxidation sites excluding steroid dienone is 1. The van der Waals surface area contributed by atoms with Crippen molar-refractivity contribution in [2.45, 2.75) is 32.7 Å². The molecule has 3 heterocycles. The van der Waals surface area contributed by atoms with Gasteiger partial charge in [0, 0.05) is 28.2 Å². The Kier molecular flexibility index (Phi) is 9.16. The van der Waals surface area contributed by atoms with Gasteiger partial charge in [-0.2, -0.15) is 0 Å². The predicted molar refractivity (Wildman–Crippen MR) is 168 cm³/mol. The van der Waals surface area contributed by atoms with Crippen molar-refractivity contribution in [2.24, 2.45) is 4.99 Å². The number of halogens is 1. The fourth-order valence-corrected chi connectivity index (χ4v) is 6.42. The van der Waals surface area contributed by atoms with Gasteiger partial charge in [-0.3, -0.25) is 19.5 Å². The zero-order chi connectivity index (χ0) is 31.5. The molecule has 1 aliphatic heterocycles. The van der Waals surface area contributed by atoms with E-state index in [0.29, 0.717) is 55.6 Å². The van der Waals surface area contributed by atoms with Crippen molar-refractivity contribution in [3.05, 3.63) is 105 Å². The summed E-state index contributed by atoms with van der Waals surface area (Å²) in [7, 11) is 2.99. The summed E-state index contributed by atoms with van der Waals surface area (Å²) in [5.74, 6) is 1.01. The van der Waals surface area contributed by atoms with Crippen LogP contribution in [-0.4, -0.2) is 36.3 Å². The van der Waals surface area contributed by atoms with E-state index in [1.54, 1.807) is 31.2 Å². The van der Waals surface area contributed by atoms with E-state index in [2.05, 4.69) is 15.9 Å². The Balaban J connectivity index is 1.70. The van der Waals surface area contributed by atoms with Crippen LogP contribution in [0.3, 0.4) is 0 Å². The number of benzene rings is 2. The fraction of sp³-hybridized carbons (Fsp3) is 0.258. The summed E-state index contributed by atoms with van der Waals surface area (Å²) in [5, 5.41) is 11.4. The smallest absolute Gasteiger partial charge is 0.338 e. The average molecular weight is 683 g/mol. The minimum atomic E-state index is -0.859. The number of non-ortho nitro benzene ring substituents is 1. The Hall–Kier alpha value is -4.49. The number of ether oxygens (including phenoxy) is 3. The van der Waals surface area contributed by atoms with Gasteiger partial charge in [-0.05, 0) is 49.7 Å². The largest absolute Gasteiger partial charge is 0.496 e. The van der Waals surface area contributed by atoms with E-state index in [0.717, 1.165) is 22.2 Å². The Morgan fingerprint density at radius 2 is 1.89 bits per heavy atom. The number of hydrogen-bond donors (Lipinski definition) is 0. The molecule has 0 unspecified atom stereocenters. The van der Waals surface area contributed by atoms with Crippen LogP contribution < -0.4 is 24.4 Å². The van der Waals surface area contributed by atoms with Crippen LogP contribution in [0.25, 0.3) is 17.4 Å². The fourth-order valence-electron chi connectivity index (χ4n) is 5.04. The molecule has 4 aromatic rings. The first kappa shape index (κ1) is 31.0. The Labute approximate surface area is 264 Å². The molecular formula is C31H28BrN3O8S. The van der Waals surface area contributed by atoms with Crippen LogP contribution in [0.4, 0.5) is 5.69 Å². The minimum Gasteiger partial charge on any atom is -0.496 e. The summed E-state index contributed by atoms with van der Waals surface area (Å²) in [4.78, 5) is 43.6. The van der Waals surface area contributed by atoms with E-state index in [4.69, 9.17) is 23.6 Å². The standard InChI is InChI=1S/C31H28BrN3O8S/c1-5-7-22-27(30(37)42-6-2)28(21-14-17(32)8-11-24(21)41-4)34-29(36)26(44-31(34)33-22)16-19-10-13-25(43-19)20-15-18(35(38)39)9-12-23(20)40-3/h8-16,28H,5-7H2,1-4H3/b26-16+/t28-/m0/s1. The van der Waals surface area contributed by atoms with Crippen molar-refractivity contribution < 1.29 is 28.3 Å². The van der Waals surface area contributed by atoms with Crippen LogP contribution in [-0.2, 0) is 9.53 Å². The number of nitro benzene ring substituents is 1. The van der Waals surface area contributed by atoms with E-state index < -0.39 is 16.9 Å². The molecule has 0 saturated heterocycles. The van der Waals surface area contributed by atoms with E-state index in [1.807, 2.05) is 19.1 Å². The first-order chi connectivity index (χ1) is 21.2. The molecule has 2 aromatic carbocycles. The second kappa shape index (κ2) is 13.0. The number of nitrogens with zero attached hydrogens (tertiary/aromatic N) is 3. The molecular weight excluding hydrogens is 654 g/mol. The van der Waals surface area contributed by atoms with E-state index in [9.17, 15) is 19.7 Å². The molecule has 2 aromatic heterocycles. The molecule has 0 fully saturated rings. The van der Waals surface area contributed by atoms with Crippen LogP contribution in [0.15, 0.2) is 78.5 Å². The van der Waals surface area contributed by atoms with Gasteiger partial charge in [0.15, 0.2) is 4.80 Å². The second-order valence-corrected chi connectivity index (χ2v) is 11.6. The molecule has 0 spiro atoms. The highest BCUT2D eigenvalue weighted by Crippen LogP contribution is 2.38. The van der Waals surface area contributed by atoms with Gasteiger partial charge < -0.3 is 18.6 Å². The molecule has 0 bridgehead atoms. The van der Waals surface area contributed by atoms with Crippen molar-refractivity contribution in [3.8, 4) is 22.8 Å². The lowest BCUT2D eigenvalue weighted by Crippen LogP contribution is -2.40. The summed E-state index contributed by atoms with van der Waals surface area (Å²) in [6, 6.07) is 12.1. The van der Waals surface area contributed by atoms with Crippen molar-refractivity contribution in [1.82, 2.24) is 4.57 Å². The van der Waals surface area contributed by atoms with Crippen LogP contribution >= 0.6 is 27.3 Å².